The lowest BCUT2D eigenvalue weighted by atomic mass is 10.0. The molecule has 0 aliphatic rings. The fourth-order valence-electron chi connectivity index (χ4n) is 2.41. The third-order valence-corrected chi connectivity index (χ3v) is 3.88. The summed E-state index contributed by atoms with van der Waals surface area (Å²) < 4.78 is 7.17. The molecule has 6 heteroatoms. The Morgan fingerprint density at radius 1 is 1.17 bits per heavy atom. The van der Waals surface area contributed by atoms with E-state index in [0.717, 1.165) is 0 Å². The predicted octanol–water partition coefficient (Wildman–Crippen LogP) is 4.31. The number of carbonyl (C=O) groups is 2. The summed E-state index contributed by atoms with van der Waals surface area (Å²) in [6, 6.07) is 6.38. The first-order valence-electron chi connectivity index (χ1n) is 7.44. The van der Waals surface area contributed by atoms with Crippen LogP contribution in [0.4, 0.5) is 0 Å². The molecule has 0 saturated heterocycles. The van der Waals surface area contributed by atoms with E-state index in [1.807, 2.05) is 0 Å². The van der Waals surface area contributed by atoms with Crippen LogP contribution in [0.25, 0.3) is 11.3 Å². The normalized spacial score (nSPS) is 11.4. The zero-order valence-electron chi connectivity index (χ0n) is 14.3. The fraction of sp³-hybridized carbons (Fsp3) is 0.333. The Bertz CT molecular complexity index is 815. The average Bonchev–Trinajstić information content (AvgIpc) is 2.73. The third kappa shape index (κ3) is 3.62. The molecule has 2 rings (SSSR count). The van der Waals surface area contributed by atoms with Crippen molar-refractivity contribution >= 4 is 23.5 Å². The van der Waals surface area contributed by atoms with E-state index in [0.29, 0.717) is 27.5 Å². The summed E-state index contributed by atoms with van der Waals surface area (Å²) in [5.41, 5.74) is 1.61. The minimum absolute atomic E-state index is 0.183. The number of halogens is 1. The molecule has 0 aliphatic carbocycles. The van der Waals surface area contributed by atoms with Crippen molar-refractivity contribution in [1.82, 2.24) is 4.57 Å². The highest BCUT2D eigenvalue weighted by molar-refractivity contribution is 6.31. The zero-order valence-corrected chi connectivity index (χ0v) is 15.1. The van der Waals surface area contributed by atoms with E-state index in [9.17, 15) is 14.7 Å². The number of carbonyl (C=O) groups excluding carboxylic acids is 1. The van der Waals surface area contributed by atoms with Crippen LogP contribution in [0.15, 0.2) is 24.3 Å². The molecule has 0 fully saturated rings. The number of ether oxygens (including phenoxy) is 1. The first-order chi connectivity index (χ1) is 11.0. The van der Waals surface area contributed by atoms with Gasteiger partial charge in [-0.15, -0.1) is 0 Å². The maximum atomic E-state index is 12.5. The molecule has 0 aliphatic heterocycles. The number of carboxylic acid groups (broad SMARTS) is 1. The molecule has 0 spiro atoms. The Balaban J connectivity index is 2.63. The van der Waals surface area contributed by atoms with Crippen LogP contribution in [0.5, 0.6) is 0 Å². The molecule has 2 aromatic rings. The molecule has 24 heavy (non-hydrogen) atoms. The Hall–Kier alpha value is -2.27. The Morgan fingerprint density at radius 3 is 2.29 bits per heavy atom. The highest BCUT2D eigenvalue weighted by atomic mass is 35.5. The van der Waals surface area contributed by atoms with E-state index in [2.05, 4.69) is 0 Å². The quantitative estimate of drug-likeness (QED) is 0.838. The van der Waals surface area contributed by atoms with Gasteiger partial charge in [-0.1, -0.05) is 11.6 Å². The summed E-state index contributed by atoms with van der Waals surface area (Å²) in [4.78, 5) is 23.9. The molecule has 5 nitrogen and oxygen atoms in total. The van der Waals surface area contributed by atoms with Crippen molar-refractivity contribution in [2.24, 2.45) is 7.05 Å². The van der Waals surface area contributed by atoms with E-state index in [1.165, 1.54) is 6.07 Å². The number of hydrogen-bond acceptors (Lipinski definition) is 3. The standard InChI is InChI=1S/C18H20ClNO4/c1-10-13(16(21)22)9-15(20(10)5)14-8-11(19)6-7-12(14)17(23)24-18(2,3)4/h6-9H,1-5H3,(H,21,22). The van der Waals surface area contributed by atoms with Gasteiger partial charge in [-0.25, -0.2) is 9.59 Å². The van der Waals surface area contributed by atoms with Gasteiger partial charge in [0.15, 0.2) is 0 Å². The van der Waals surface area contributed by atoms with Gasteiger partial charge in [-0.05, 0) is 52.0 Å². The number of aromatic nitrogens is 1. The smallest absolute Gasteiger partial charge is 0.339 e. The van der Waals surface area contributed by atoms with Crippen LogP contribution in [-0.4, -0.2) is 27.2 Å². The predicted molar refractivity (Wildman–Crippen MR) is 92.7 cm³/mol. The number of rotatable bonds is 3. The van der Waals surface area contributed by atoms with Crippen LogP contribution < -0.4 is 0 Å². The molecule has 0 bridgehead atoms. The van der Waals surface area contributed by atoms with E-state index in [4.69, 9.17) is 16.3 Å². The molecule has 1 heterocycles. The lowest BCUT2D eigenvalue weighted by Gasteiger charge is -2.21. The Morgan fingerprint density at radius 2 is 1.79 bits per heavy atom. The van der Waals surface area contributed by atoms with Crippen molar-refractivity contribution in [3.05, 3.63) is 46.1 Å². The monoisotopic (exact) mass is 349 g/mol. The van der Waals surface area contributed by atoms with Gasteiger partial charge in [-0.3, -0.25) is 0 Å². The molecule has 0 unspecified atom stereocenters. The molecule has 128 valence electrons. The van der Waals surface area contributed by atoms with Crippen molar-refractivity contribution < 1.29 is 19.4 Å². The van der Waals surface area contributed by atoms with E-state index >= 15 is 0 Å². The van der Waals surface area contributed by atoms with Crippen molar-refractivity contribution in [2.75, 3.05) is 0 Å². The molecule has 1 aromatic carbocycles. The molecule has 1 aromatic heterocycles. The maximum Gasteiger partial charge on any atom is 0.339 e. The molecule has 0 radical (unpaired) electrons. The van der Waals surface area contributed by atoms with E-state index in [-0.39, 0.29) is 5.56 Å². The van der Waals surface area contributed by atoms with Crippen molar-refractivity contribution in [3.8, 4) is 11.3 Å². The summed E-state index contributed by atoms with van der Waals surface area (Å²) >= 11 is 6.09. The second-order valence-electron chi connectivity index (χ2n) is 6.58. The maximum absolute atomic E-state index is 12.5. The molecular weight excluding hydrogens is 330 g/mol. The van der Waals surface area contributed by atoms with Crippen LogP contribution >= 0.6 is 11.6 Å². The van der Waals surface area contributed by atoms with E-state index in [1.54, 1.807) is 57.5 Å². The summed E-state index contributed by atoms with van der Waals surface area (Å²) in [5.74, 6) is -1.50. The zero-order chi connectivity index (χ0) is 18.2. The van der Waals surface area contributed by atoms with Gasteiger partial charge in [0.1, 0.15) is 5.60 Å². The Kier molecular flexibility index (Phi) is 4.76. The highest BCUT2D eigenvalue weighted by Crippen LogP contribution is 2.31. The average molecular weight is 350 g/mol. The SMILES string of the molecule is Cc1c(C(=O)O)cc(-c2cc(Cl)ccc2C(=O)OC(C)(C)C)n1C. The minimum Gasteiger partial charge on any atom is -0.478 e. The summed E-state index contributed by atoms with van der Waals surface area (Å²) in [6.45, 7) is 7.08. The number of aromatic carboxylic acids is 1. The number of nitrogens with zero attached hydrogens (tertiary/aromatic N) is 1. The fourth-order valence-corrected chi connectivity index (χ4v) is 2.59. The van der Waals surface area contributed by atoms with Crippen molar-refractivity contribution in [2.45, 2.75) is 33.3 Å². The van der Waals surface area contributed by atoms with Gasteiger partial charge in [0.2, 0.25) is 0 Å². The molecule has 0 amide bonds. The first kappa shape index (κ1) is 18.1. The first-order valence-corrected chi connectivity index (χ1v) is 7.82. The molecule has 0 saturated carbocycles. The lowest BCUT2D eigenvalue weighted by Crippen LogP contribution is -2.24. The van der Waals surface area contributed by atoms with Gasteiger partial charge < -0.3 is 14.4 Å². The summed E-state index contributed by atoms with van der Waals surface area (Å²) in [6.07, 6.45) is 0. The van der Waals surface area contributed by atoms with Gasteiger partial charge in [0, 0.05) is 29.0 Å². The van der Waals surface area contributed by atoms with Gasteiger partial charge in [0.25, 0.3) is 0 Å². The lowest BCUT2D eigenvalue weighted by molar-refractivity contribution is 0.00702. The van der Waals surface area contributed by atoms with Crippen LogP contribution in [0, 0.1) is 6.92 Å². The van der Waals surface area contributed by atoms with Crippen LogP contribution in [0.1, 0.15) is 47.2 Å². The van der Waals surface area contributed by atoms with Crippen molar-refractivity contribution in [3.63, 3.8) is 0 Å². The molecule has 1 N–H and O–H groups in total. The van der Waals surface area contributed by atoms with Crippen molar-refractivity contribution in [1.29, 1.82) is 0 Å². The number of benzene rings is 1. The topological polar surface area (TPSA) is 68.5 Å². The molecular formula is C18H20ClNO4. The second-order valence-corrected chi connectivity index (χ2v) is 7.02. The van der Waals surface area contributed by atoms with Gasteiger partial charge >= 0.3 is 11.9 Å². The number of hydrogen-bond donors (Lipinski definition) is 1. The minimum atomic E-state index is -1.02. The second kappa shape index (κ2) is 6.32. The Labute approximate surface area is 145 Å². The third-order valence-electron chi connectivity index (χ3n) is 3.64. The largest absolute Gasteiger partial charge is 0.478 e. The van der Waals surface area contributed by atoms with E-state index < -0.39 is 17.5 Å². The summed E-state index contributed by atoms with van der Waals surface area (Å²) in [5, 5.41) is 9.76. The van der Waals surface area contributed by atoms with Gasteiger partial charge in [-0.2, -0.15) is 0 Å². The van der Waals surface area contributed by atoms with Gasteiger partial charge in [0.05, 0.1) is 11.1 Å². The van der Waals surface area contributed by atoms with Crippen LogP contribution in [0.2, 0.25) is 5.02 Å². The number of carboxylic acids is 1. The van der Waals surface area contributed by atoms with Crippen LogP contribution in [-0.2, 0) is 11.8 Å². The van der Waals surface area contributed by atoms with Crippen LogP contribution in [0.3, 0.4) is 0 Å². The molecule has 0 atom stereocenters. The summed E-state index contributed by atoms with van der Waals surface area (Å²) in [7, 11) is 1.75. The number of esters is 1. The highest BCUT2D eigenvalue weighted by Gasteiger charge is 2.24.